The Morgan fingerprint density at radius 3 is 2.31 bits per heavy atom. The zero-order chi connectivity index (χ0) is 22.4. The largest absolute Gasteiger partial charge is 0.480 e. The van der Waals surface area contributed by atoms with Crippen molar-refractivity contribution in [3.05, 3.63) is 0 Å². The molecule has 0 heterocycles. The van der Waals surface area contributed by atoms with Crippen molar-refractivity contribution in [2.75, 3.05) is 25.1 Å². The number of nitrogens with one attached hydrogen (secondary N) is 3. The zero-order valence-corrected chi connectivity index (χ0v) is 17.5. The van der Waals surface area contributed by atoms with Crippen LogP contribution in [0.15, 0.2) is 4.99 Å². The first-order chi connectivity index (χ1) is 13.6. The smallest absolute Gasteiger partial charge is 0.325 e. The molecular weight excluding hydrogens is 402 g/mol. The second-order valence-electron chi connectivity index (χ2n) is 6.24. The van der Waals surface area contributed by atoms with Gasteiger partial charge >= 0.3 is 5.97 Å². The highest BCUT2D eigenvalue weighted by Crippen LogP contribution is 2.01. The first-order valence-corrected chi connectivity index (χ1v) is 10.4. The van der Waals surface area contributed by atoms with Gasteiger partial charge in [0.2, 0.25) is 17.7 Å². The van der Waals surface area contributed by atoms with Gasteiger partial charge in [0.15, 0.2) is 5.96 Å². The predicted octanol–water partition coefficient (Wildman–Crippen LogP) is -2.69. The number of carbonyl (C=O) groups is 4. The molecule has 166 valence electrons. The number of guanidine groups is 1. The summed E-state index contributed by atoms with van der Waals surface area (Å²) in [6.45, 7) is 1.17. The quantitative estimate of drug-likeness (QED) is 0.0861. The molecule has 0 aromatic rings. The molecule has 10 N–H and O–H groups in total. The maximum Gasteiger partial charge on any atom is 0.325 e. The number of amides is 3. The summed E-state index contributed by atoms with van der Waals surface area (Å²) in [4.78, 5) is 51.0. The van der Waals surface area contributed by atoms with Crippen LogP contribution in [0.1, 0.15) is 26.2 Å². The molecule has 3 amide bonds. The molecule has 0 aromatic heterocycles. The predicted molar refractivity (Wildman–Crippen MR) is 111 cm³/mol. The second-order valence-corrected chi connectivity index (χ2v) is 7.23. The topological polar surface area (TPSA) is 215 Å². The summed E-state index contributed by atoms with van der Waals surface area (Å²) in [5.41, 5.74) is 16.2. The maximum atomic E-state index is 12.3. The third kappa shape index (κ3) is 12.5. The summed E-state index contributed by atoms with van der Waals surface area (Å²) in [6, 6.07) is -2.88. The molecule has 0 saturated carbocycles. The van der Waals surface area contributed by atoms with Crippen LogP contribution in [0.4, 0.5) is 0 Å². The van der Waals surface area contributed by atoms with Gasteiger partial charge in [-0.1, -0.05) is 0 Å². The van der Waals surface area contributed by atoms with E-state index >= 15 is 0 Å². The van der Waals surface area contributed by atoms with Crippen LogP contribution in [0.25, 0.3) is 0 Å². The van der Waals surface area contributed by atoms with E-state index in [1.165, 1.54) is 6.92 Å². The molecule has 0 radical (unpaired) electrons. The third-order valence-electron chi connectivity index (χ3n) is 3.72. The zero-order valence-electron chi connectivity index (χ0n) is 16.6. The number of carbonyl (C=O) groups excluding carboxylic acids is 3. The number of aliphatic imine (C=N–C) groups is 1. The fourth-order valence-electron chi connectivity index (χ4n) is 2.07. The Balaban J connectivity index is 4.75. The van der Waals surface area contributed by atoms with Crippen LogP contribution >= 0.6 is 11.8 Å². The van der Waals surface area contributed by atoms with Crippen molar-refractivity contribution in [2.45, 2.75) is 44.3 Å². The molecule has 0 saturated heterocycles. The number of rotatable bonds is 14. The van der Waals surface area contributed by atoms with E-state index in [0.717, 1.165) is 0 Å². The van der Waals surface area contributed by atoms with Crippen LogP contribution < -0.4 is 33.2 Å². The SMILES string of the molecule is CSCCC(N)C(=O)NCC(=O)NC(CCCN=C(N)N)C(=O)NC(C)C(=O)O. The molecular formula is C16H31N7O5S. The lowest BCUT2D eigenvalue weighted by Crippen LogP contribution is -2.53. The Bertz CT molecular complexity index is 598. The van der Waals surface area contributed by atoms with Crippen molar-refractivity contribution in [2.24, 2.45) is 22.2 Å². The molecule has 0 fully saturated rings. The molecule has 29 heavy (non-hydrogen) atoms. The van der Waals surface area contributed by atoms with Gasteiger partial charge in [0, 0.05) is 6.54 Å². The number of hydrogen-bond acceptors (Lipinski definition) is 7. The Kier molecular flexibility index (Phi) is 13.2. The number of nitrogens with two attached hydrogens (primary N) is 3. The molecule has 3 atom stereocenters. The first-order valence-electron chi connectivity index (χ1n) is 8.98. The summed E-state index contributed by atoms with van der Waals surface area (Å²) in [5.74, 6) is -2.35. The van der Waals surface area contributed by atoms with Gasteiger partial charge in [-0.05, 0) is 38.2 Å². The van der Waals surface area contributed by atoms with E-state index in [2.05, 4.69) is 20.9 Å². The van der Waals surface area contributed by atoms with Gasteiger partial charge < -0.3 is 38.3 Å². The monoisotopic (exact) mass is 433 g/mol. The number of carboxylic acids is 1. The van der Waals surface area contributed by atoms with Gasteiger partial charge in [-0.15, -0.1) is 0 Å². The highest BCUT2D eigenvalue weighted by molar-refractivity contribution is 7.98. The lowest BCUT2D eigenvalue weighted by molar-refractivity contribution is -0.141. The van der Waals surface area contributed by atoms with Crippen LogP contribution in [-0.4, -0.2) is 78.0 Å². The van der Waals surface area contributed by atoms with Gasteiger partial charge in [-0.2, -0.15) is 11.8 Å². The van der Waals surface area contributed by atoms with Gasteiger partial charge in [-0.25, -0.2) is 0 Å². The summed E-state index contributed by atoms with van der Waals surface area (Å²) in [7, 11) is 0. The molecule has 0 spiro atoms. The summed E-state index contributed by atoms with van der Waals surface area (Å²) in [5, 5.41) is 16.1. The number of thioether (sulfide) groups is 1. The van der Waals surface area contributed by atoms with E-state index in [1.54, 1.807) is 11.8 Å². The number of aliphatic carboxylic acids is 1. The maximum absolute atomic E-state index is 12.3. The lowest BCUT2D eigenvalue weighted by Gasteiger charge is -2.20. The van der Waals surface area contributed by atoms with Gasteiger partial charge in [0.05, 0.1) is 12.6 Å². The van der Waals surface area contributed by atoms with Crippen LogP contribution in [0, 0.1) is 0 Å². The van der Waals surface area contributed by atoms with Crippen molar-refractivity contribution in [1.82, 2.24) is 16.0 Å². The number of nitrogens with zero attached hydrogens (tertiary/aromatic N) is 1. The van der Waals surface area contributed by atoms with E-state index in [1.807, 2.05) is 6.26 Å². The minimum atomic E-state index is -1.21. The average molecular weight is 434 g/mol. The normalized spacial score (nSPS) is 13.5. The molecule has 0 aliphatic rings. The fraction of sp³-hybridized carbons (Fsp3) is 0.688. The Morgan fingerprint density at radius 2 is 1.76 bits per heavy atom. The highest BCUT2D eigenvalue weighted by Gasteiger charge is 2.24. The number of hydrogen-bond donors (Lipinski definition) is 7. The van der Waals surface area contributed by atoms with Gasteiger partial charge in [0.1, 0.15) is 12.1 Å². The van der Waals surface area contributed by atoms with Crippen LogP contribution in [0.5, 0.6) is 0 Å². The molecule has 0 rings (SSSR count). The minimum Gasteiger partial charge on any atom is -0.480 e. The van der Waals surface area contributed by atoms with Crippen LogP contribution in [0.3, 0.4) is 0 Å². The summed E-state index contributed by atoms with van der Waals surface area (Å²) in [6.07, 6.45) is 2.89. The highest BCUT2D eigenvalue weighted by atomic mass is 32.2. The Labute approximate surface area is 173 Å². The van der Waals surface area contributed by atoms with Crippen molar-refractivity contribution >= 4 is 41.4 Å². The Morgan fingerprint density at radius 1 is 1.10 bits per heavy atom. The fourth-order valence-corrected chi connectivity index (χ4v) is 2.56. The summed E-state index contributed by atoms with van der Waals surface area (Å²) >= 11 is 1.55. The van der Waals surface area contributed by atoms with Gasteiger partial charge in [0.25, 0.3) is 0 Å². The van der Waals surface area contributed by atoms with Crippen LogP contribution in [-0.2, 0) is 19.2 Å². The van der Waals surface area contributed by atoms with E-state index in [0.29, 0.717) is 18.6 Å². The van der Waals surface area contributed by atoms with Gasteiger partial charge in [-0.3, -0.25) is 24.2 Å². The third-order valence-corrected chi connectivity index (χ3v) is 4.36. The van der Waals surface area contributed by atoms with E-state index < -0.39 is 41.8 Å². The lowest BCUT2D eigenvalue weighted by atomic mass is 10.1. The van der Waals surface area contributed by atoms with Crippen LogP contribution in [0.2, 0.25) is 0 Å². The van der Waals surface area contributed by atoms with Crippen molar-refractivity contribution in [1.29, 1.82) is 0 Å². The Hall–Kier alpha value is -2.54. The number of carboxylic acid groups (broad SMARTS) is 1. The molecule has 0 aromatic carbocycles. The molecule has 0 bridgehead atoms. The molecule has 13 heteroatoms. The molecule has 0 aliphatic carbocycles. The summed E-state index contributed by atoms with van der Waals surface area (Å²) < 4.78 is 0. The first kappa shape index (κ1) is 26.5. The van der Waals surface area contributed by atoms with E-state index in [4.69, 9.17) is 22.3 Å². The average Bonchev–Trinajstić information content (AvgIpc) is 2.65. The molecule has 3 unspecified atom stereocenters. The van der Waals surface area contributed by atoms with Crippen molar-refractivity contribution < 1.29 is 24.3 Å². The van der Waals surface area contributed by atoms with E-state index in [-0.39, 0.29) is 25.5 Å². The van der Waals surface area contributed by atoms with Crippen molar-refractivity contribution in [3.63, 3.8) is 0 Å². The molecule has 12 nitrogen and oxygen atoms in total. The second kappa shape index (κ2) is 14.5. The standard InChI is InChI=1S/C16H31N7O5S/c1-9(15(27)28)22-14(26)11(4-3-6-20-16(18)19)23-12(24)8-21-13(25)10(17)5-7-29-2/h9-11H,3-8,17H2,1-2H3,(H,21,25)(H,22,26)(H,23,24)(H,27,28)(H4,18,19,20). The molecule has 0 aliphatic heterocycles. The minimum absolute atomic E-state index is 0.102. The van der Waals surface area contributed by atoms with E-state index in [9.17, 15) is 19.2 Å². The van der Waals surface area contributed by atoms with Crippen molar-refractivity contribution in [3.8, 4) is 0 Å².